The van der Waals surface area contributed by atoms with E-state index in [0.29, 0.717) is 5.92 Å². The minimum atomic E-state index is 0.692. The van der Waals surface area contributed by atoms with Crippen molar-refractivity contribution in [3.63, 3.8) is 0 Å². The Hall–Kier alpha value is -1.54. The Morgan fingerprint density at radius 1 is 1.18 bits per heavy atom. The maximum atomic E-state index is 6.07. The molecule has 1 aliphatic rings. The van der Waals surface area contributed by atoms with E-state index in [1.807, 2.05) is 18.3 Å². The molecular weight excluding hydrogens is 232 g/mol. The molecular formula is C14H11ClN2. The fourth-order valence-corrected chi connectivity index (χ4v) is 2.65. The summed E-state index contributed by atoms with van der Waals surface area (Å²) >= 11 is 6.07. The summed E-state index contributed by atoms with van der Waals surface area (Å²) < 4.78 is 2.07. The first-order chi connectivity index (χ1) is 8.33. The average Bonchev–Trinajstić information content (AvgIpc) is 3.05. The molecule has 0 N–H and O–H groups in total. The van der Waals surface area contributed by atoms with Crippen molar-refractivity contribution in [3.8, 4) is 0 Å². The number of benzene rings is 1. The summed E-state index contributed by atoms with van der Waals surface area (Å²) in [4.78, 5) is 0. The highest BCUT2D eigenvalue weighted by Gasteiger charge is 2.26. The van der Waals surface area contributed by atoms with Crippen LogP contribution in [0.2, 0.25) is 5.02 Å². The van der Waals surface area contributed by atoms with Gasteiger partial charge in [-0.25, -0.2) is 4.52 Å². The third kappa shape index (κ3) is 1.37. The van der Waals surface area contributed by atoms with Crippen LogP contribution in [0.15, 0.2) is 36.5 Å². The van der Waals surface area contributed by atoms with Gasteiger partial charge >= 0.3 is 0 Å². The molecule has 0 spiro atoms. The van der Waals surface area contributed by atoms with Crippen molar-refractivity contribution in [2.24, 2.45) is 0 Å². The third-order valence-electron chi connectivity index (χ3n) is 3.48. The smallest absolute Gasteiger partial charge is 0.0743 e. The summed E-state index contributed by atoms with van der Waals surface area (Å²) in [5, 5.41) is 7.64. The molecule has 2 nitrogen and oxygen atoms in total. The molecule has 1 aliphatic carbocycles. The lowest BCUT2D eigenvalue weighted by Gasteiger charge is -2.07. The fraction of sp³-hybridized carbons (Fsp3) is 0.214. The van der Waals surface area contributed by atoms with Gasteiger partial charge in [-0.05, 0) is 42.5 Å². The molecule has 4 rings (SSSR count). The topological polar surface area (TPSA) is 17.3 Å². The van der Waals surface area contributed by atoms with E-state index in [1.54, 1.807) is 0 Å². The van der Waals surface area contributed by atoms with Crippen LogP contribution in [-0.2, 0) is 0 Å². The zero-order valence-corrected chi connectivity index (χ0v) is 9.98. The SMILES string of the molecule is Clc1ccc2cc(C3CC3)n3nccc3c2c1. The summed E-state index contributed by atoms with van der Waals surface area (Å²) in [6.07, 6.45) is 4.43. The van der Waals surface area contributed by atoms with Crippen molar-refractivity contribution in [1.29, 1.82) is 0 Å². The van der Waals surface area contributed by atoms with Crippen LogP contribution in [0.4, 0.5) is 0 Å². The van der Waals surface area contributed by atoms with E-state index in [9.17, 15) is 0 Å². The van der Waals surface area contributed by atoms with Crippen molar-refractivity contribution in [1.82, 2.24) is 9.61 Å². The molecule has 17 heavy (non-hydrogen) atoms. The fourth-order valence-electron chi connectivity index (χ4n) is 2.48. The molecule has 84 valence electrons. The summed E-state index contributed by atoms with van der Waals surface area (Å²) in [5.74, 6) is 0.692. The molecule has 1 fully saturated rings. The van der Waals surface area contributed by atoms with Gasteiger partial charge in [0, 0.05) is 22.0 Å². The van der Waals surface area contributed by atoms with Gasteiger partial charge in [0.1, 0.15) is 0 Å². The molecule has 0 amide bonds. The van der Waals surface area contributed by atoms with Crippen LogP contribution >= 0.6 is 11.6 Å². The maximum Gasteiger partial charge on any atom is 0.0743 e. The van der Waals surface area contributed by atoms with E-state index < -0.39 is 0 Å². The van der Waals surface area contributed by atoms with Crippen LogP contribution < -0.4 is 0 Å². The van der Waals surface area contributed by atoms with Crippen molar-refractivity contribution in [2.45, 2.75) is 18.8 Å². The zero-order valence-electron chi connectivity index (χ0n) is 9.23. The zero-order chi connectivity index (χ0) is 11.4. The van der Waals surface area contributed by atoms with Crippen LogP contribution in [0.25, 0.3) is 16.3 Å². The van der Waals surface area contributed by atoms with Gasteiger partial charge in [0.05, 0.1) is 11.7 Å². The standard InChI is InChI=1S/C14H11ClN2/c15-11-4-3-10-7-14(9-1-2-9)17-13(5-6-16-17)12(10)8-11/h3-9H,1-2H2. The van der Waals surface area contributed by atoms with E-state index in [2.05, 4.69) is 27.8 Å². The Bertz CT molecular complexity index is 725. The number of rotatable bonds is 1. The number of aromatic nitrogens is 2. The Labute approximate surface area is 104 Å². The summed E-state index contributed by atoms with van der Waals surface area (Å²) in [5.41, 5.74) is 2.49. The van der Waals surface area contributed by atoms with Crippen LogP contribution in [0.5, 0.6) is 0 Å². The number of pyridine rings is 1. The number of hydrogen-bond donors (Lipinski definition) is 0. The second-order valence-electron chi connectivity index (χ2n) is 4.70. The summed E-state index contributed by atoms with van der Waals surface area (Å²) in [6, 6.07) is 10.4. The minimum absolute atomic E-state index is 0.692. The Morgan fingerprint density at radius 2 is 2.06 bits per heavy atom. The minimum Gasteiger partial charge on any atom is -0.237 e. The molecule has 3 heteroatoms. The normalized spacial score (nSPS) is 15.8. The van der Waals surface area contributed by atoms with Gasteiger partial charge in [-0.1, -0.05) is 17.7 Å². The lowest BCUT2D eigenvalue weighted by molar-refractivity contribution is 0.863. The van der Waals surface area contributed by atoms with E-state index >= 15 is 0 Å². The first kappa shape index (κ1) is 9.49. The first-order valence-corrected chi connectivity index (χ1v) is 6.26. The highest BCUT2D eigenvalue weighted by Crippen LogP contribution is 2.41. The predicted molar refractivity (Wildman–Crippen MR) is 69.7 cm³/mol. The highest BCUT2D eigenvalue weighted by molar-refractivity contribution is 6.31. The van der Waals surface area contributed by atoms with Gasteiger partial charge in [-0.3, -0.25) is 0 Å². The van der Waals surface area contributed by atoms with Crippen LogP contribution in [0, 0.1) is 0 Å². The molecule has 0 saturated heterocycles. The molecule has 0 bridgehead atoms. The molecule has 1 saturated carbocycles. The Morgan fingerprint density at radius 3 is 2.88 bits per heavy atom. The van der Waals surface area contributed by atoms with Crippen molar-refractivity contribution >= 4 is 27.9 Å². The lowest BCUT2D eigenvalue weighted by Crippen LogP contribution is -1.97. The lowest BCUT2D eigenvalue weighted by atomic mass is 10.1. The molecule has 0 atom stereocenters. The van der Waals surface area contributed by atoms with Gasteiger partial charge in [0.15, 0.2) is 0 Å². The van der Waals surface area contributed by atoms with Crippen LogP contribution in [-0.4, -0.2) is 9.61 Å². The van der Waals surface area contributed by atoms with Gasteiger partial charge in [0.25, 0.3) is 0 Å². The van der Waals surface area contributed by atoms with Gasteiger partial charge in [0.2, 0.25) is 0 Å². The van der Waals surface area contributed by atoms with Crippen LogP contribution in [0.3, 0.4) is 0 Å². The molecule has 0 radical (unpaired) electrons. The van der Waals surface area contributed by atoms with E-state index in [1.165, 1.54) is 29.3 Å². The van der Waals surface area contributed by atoms with Crippen LogP contribution in [0.1, 0.15) is 24.5 Å². The third-order valence-corrected chi connectivity index (χ3v) is 3.71. The monoisotopic (exact) mass is 242 g/mol. The second kappa shape index (κ2) is 3.23. The molecule has 0 aliphatic heterocycles. The molecule has 0 unspecified atom stereocenters. The van der Waals surface area contributed by atoms with Gasteiger partial charge < -0.3 is 0 Å². The molecule has 3 aromatic rings. The summed E-state index contributed by atoms with van der Waals surface area (Å²) in [7, 11) is 0. The quantitative estimate of drug-likeness (QED) is 0.630. The number of nitrogens with zero attached hydrogens (tertiary/aromatic N) is 2. The van der Waals surface area contributed by atoms with E-state index in [4.69, 9.17) is 11.6 Å². The highest BCUT2D eigenvalue weighted by atomic mass is 35.5. The van der Waals surface area contributed by atoms with Crippen molar-refractivity contribution < 1.29 is 0 Å². The van der Waals surface area contributed by atoms with Crippen molar-refractivity contribution in [3.05, 3.63) is 47.2 Å². The van der Waals surface area contributed by atoms with Crippen molar-refractivity contribution in [2.75, 3.05) is 0 Å². The largest absolute Gasteiger partial charge is 0.237 e. The van der Waals surface area contributed by atoms with Gasteiger partial charge in [-0.2, -0.15) is 5.10 Å². The van der Waals surface area contributed by atoms with E-state index in [0.717, 1.165) is 10.5 Å². The molecule has 1 aromatic carbocycles. The Kier molecular flexibility index (Phi) is 1.80. The first-order valence-electron chi connectivity index (χ1n) is 5.89. The number of fused-ring (bicyclic) bond motifs is 3. The average molecular weight is 243 g/mol. The summed E-state index contributed by atoms with van der Waals surface area (Å²) in [6.45, 7) is 0. The molecule has 2 aromatic heterocycles. The molecule has 2 heterocycles. The predicted octanol–water partition coefficient (Wildman–Crippen LogP) is 4.02. The number of hydrogen-bond acceptors (Lipinski definition) is 1. The van der Waals surface area contributed by atoms with Gasteiger partial charge in [-0.15, -0.1) is 0 Å². The second-order valence-corrected chi connectivity index (χ2v) is 5.14. The Balaban J connectivity index is 2.19. The maximum absolute atomic E-state index is 6.07. The number of halogens is 1. The van der Waals surface area contributed by atoms with E-state index in [-0.39, 0.29) is 0 Å².